The predicted octanol–water partition coefficient (Wildman–Crippen LogP) is 6.65. The standard InChI is InChI=1S/C21H44O2/c1-3-5-6-14-17-21(23-20-4-2)18-15-12-10-8-7-9-11-13-16-19-22/h21-22H,3-20H2,1-2H3. The van der Waals surface area contributed by atoms with Crippen molar-refractivity contribution in [3.63, 3.8) is 0 Å². The fraction of sp³-hybridized carbons (Fsp3) is 1.00. The van der Waals surface area contributed by atoms with E-state index >= 15 is 0 Å². The Bertz CT molecular complexity index is 206. The molecule has 1 unspecified atom stereocenters. The molecule has 0 spiro atoms. The van der Waals surface area contributed by atoms with Crippen LogP contribution >= 0.6 is 0 Å². The SMILES string of the molecule is CCCCCCC(CCCCCCCCCCCO)OCCC. The van der Waals surface area contributed by atoms with Gasteiger partial charge >= 0.3 is 0 Å². The smallest absolute Gasteiger partial charge is 0.0575 e. The second kappa shape index (κ2) is 20.0. The normalized spacial score (nSPS) is 12.7. The molecule has 0 rings (SSSR count). The van der Waals surface area contributed by atoms with E-state index in [2.05, 4.69) is 13.8 Å². The van der Waals surface area contributed by atoms with Gasteiger partial charge in [-0.15, -0.1) is 0 Å². The van der Waals surface area contributed by atoms with Gasteiger partial charge in [0.25, 0.3) is 0 Å². The number of hydrogen-bond donors (Lipinski definition) is 1. The second-order valence-corrected chi connectivity index (χ2v) is 7.04. The Kier molecular flexibility index (Phi) is 19.9. The van der Waals surface area contributed by atoms with Crippen LogP contribution in [0.1, 0.15) is 117 Å². The summed E-state index contributed by atoms with van der Waals surface area (Å²) in [4.78, 5) is 0. The minimum atomic E-state index is 0.361. The summed E-state index contributed by atoms with van der Waals surface area (Å²) in [5.41, 5.74) is 0. The van der Waals surface area contributed by atoms with Gasteiger partial charge in [0.1, 0.15) is 0 Å². The lowest BCUT2D eigenvalue weighted by molar-refractivity contribution is 0.0385. The van der Waals surface area contributed by atoms with Gasteiger partial charge in [-0.05, 0) is 25.7 Å². The molecule has 1 atom stereocenters. The molecular formula is C21H44O2. The third kappa shape index (κ3) is 18.1. The maximum atomic E-state index is 8.74. The molecule has 0 aromatic heterocycles. The van der Waals surface area contributed by atoms with Crippen LogP contribution in [0.4, 0.5) is 0 Å². The minimum Gasteiger partial charge on any atom is -0.396 e. The molecule has 0 saturated heterocycles. The van der Waals surface area contributed by atoms with Crippen LogP contribution in [0.25, 0.3) is 0 Å². The largest absolute Gasteiger partial charge is 0.396 e. The molecule has 0 aromatic carbocycles. The van der Waals surface area contributed by atoms with Crippen LogP contribution in [0.5, 0.6) is 0 Å². The van der Waals surface area contributed by atoms with Crippen molar-refractivity contribution in [2.24, 2.45) is 0 Å². The third-order valence-electron chi connectivity index (χ3n) is 4.62. The molecule has 0 bridgehead atoms. The van der Waals surface area contributed by atoms with Gasteiger partial charge in [0.15, 0.2) is 0 Å². The number of aliphatic hydroxyl groups is 1. The van der Waals surface area contributed by atoms with Crippen molar-refractivity contribution in [3.8, 4) is 0 Å². The lowest BCUT2D eigenvalue weighted by Gasteiger charge is -2.17. The predicted molar refractivity (Wildman–Crippen MR) is 102 cm³/mol. The Hall–Kier alpha value is -0.0800. The maximum absolute atomic E-state index is 8.74. The summed E-state index contributed by atoms with van der Waals surface area (Å²) in [6, 6.07) is 0. The molecule has 140 valence electrons. The van der Waals surface area contributed by atoms with E-state index in [1.165, 1.54) is 89.9 Å². The fourth-order valence-electron chi connectivity index (χ4n) is 3.12. The quantitative estimate of drug-likeness (QED) is 0.269. The average Bonchev–Trinajstić information content (AvgIpc) is 2.57. The Morgan fingerprint density at radius 3 is 1.57 bits per heavy atom. The van der Waals surface area contributed by atoms with Crippen molar-refractivity contribution >= 4 is 0 Å². The molecule has 0 fully saturated rings. The zero-order valence-corrected chi connectivity index (χ0v) is 16.2. The fourth-order valence-corrected chi connectivity index (χ4v) is 3.12. The van der Waals surface area contributed by atoms with Gasteiger partial charge in [0.05, 0.1) is 6.10 Å². The topological polar surface area (TPSA) is 29.5 Å². The lowest BCUT2D eigenvalue weighted by Crippen LogP contribution is -2.13. The van der Waals surface area contributed by atoms with Gasteiger partial charge in [-0.25, -0.2) is 0 Å². The van der Waals surface area contributed by atoms with Crippen LogP contribution in [0, 0.1) is 0 Å². The molecule has 0 saturated carbocycles. The molecule has 0 aliphatic rings. The first-order chi connectivity index (χ1) is 11.3. The Labute approximate surface area is 146 Å². The van der Waals surface area contributed by atoms with Gasteiger partial charge in [-0.1, -0.05) is 90.9 Å². The number of rotatable bonds is 19. The van der Waals surface area contributed by atoms with Crippen molar-refractivity contribution < 1.29 is 9.84 Å². The molecule has 1 N–H and O–H groups in total. The summed E-state index contributed by atoms with van der Waals surface area (Å²) in [6.07, 6.45) is 21.3. The highest BCUT2D eigenvalue weighted by atomic mass is 16.5. The minimum absolute atomic E-state index is 0.361. The first-order valence-corrected chi connectivity index (χ1v) is 10.6. The molecule has 0 aromatic rings. The Morgan fingerprint density at radius 2 is 1.09 bits per heavy atom. The van der Waals surface area contributed by atoms with Gasteiger partial charge < -0.3 is 9.84 Å². The van der Waals surface area contributed by atoms with Crippen LogP contribution < -0.4 is 0 Å². The zero-order valence-electron chi connectivity index (χ0n) is 16.2. The number of ether oxygens (including phenoxy) is 1. The number of aliphatic hydroxyl groups excluding tert-OH is 1. The van der Waals surface area contributed by atoms with E-state index in [0.717, 1.165) is 19.4 Å². The van der Waals surface area contributed by atoms with Crippen LogP contribution in [-0.2, 0) is 4.74 Å². The van der Waals surface area contributed by atoms with E-state index in [9.17, 15) is 0 Å². The second-order valence-electron chi connectivity index (χ2n) is 7.04. The summed E-state index contributed by atoms with van der Waals surface area (Å²) in [7, 11) is 0. The molecule has 2 nitrogen and oxygen atoms in total. The van der Waals surface area contributed by atoms with Crippen LogP contribution in [0.15, 0.2) is 0 Å². The highest BCUT2D eigenvalue weighted by Crippen LogP contribution is 2.16. The van der Waals surface area contributed by atoms with Crippen LogP contribution in [0.2, 0.25) is 0 Å². The molecular weight excluding hydrogens is 284 g/mol. The molecule has 2 heteroatoms. The highest BCUT2D eigenvalue weighted by molar-refractivity contribution is 4.60. The molecule has 0 amide bonds. The zero-order chi connectivity index (χ0) is 17.0. The van der Waals surface area contributed by atoms with Gasteiger partial charge in [-0.3, -0.25) is 0 Å². The molecule has 0 heterocycles. The third-order valence-corrected chi connectivity index (χ3v) is 4.62. The summed E-state index contributed by atoms with van der Waals surface area (Å²) < 4.78 is 6.03. The lowest BCUT2D eigenvalue weighted by atomic mass is 10.0. The van der Waals surface area contributed by atoms with Crippen molar-refractivity contribution in [2.45, 2.75) is 123 Å². The van der Waals surface area contributed by atoms with Gasteiger partial charge in [0, 0.05) is 13.2 Å². The number of hydrogen-bond acceptors (Lipinski definition) is 2. The Morgan fingerprint density at radius 1 is 0.609 bits per heavy atom. The summed E-state index contributed by atoms with van der Waals surface area (Å²) in [5.74, 6) is 0. The summed E-state index contributed by atoms with van der Waals surface area (Å²) in [5, 5.41) is 8.74. The summed E-state index contributed by atoms with van der Waals surface area (Å²) in [6.45, 7) is 5.78. The van der Waals surface area contributed by atoms with Crippen molar-refractivity contribution in [1.29, 1.82) is 0 Å². The number of unbranched alkanes of at least 4 members (excludes halogenated alkanes) is 11. The van der Waals surface area contributed by atoms with Gasteiger partial charge in [-0.2, -0.15) is 0 Å². The van der Waals surface area contributed by atoms with E-state index in [0.29, 0.717) is 12.7 Å². The van der Waals surface area contributed by atoms with E-state index < -0.39 is 0 Å². The molecule has 0 aliphatic heterocycles. The monoisotopic (exact) mass is 328 g/mol. The first kappa shape index (κ1) is 22.9. The molecule has 0 aliphatic carbocycles. The van der Waals surface area contributed by atoms with E-state index in [-0.39, 0.29) is 0 Å². The summed E-state index contributed by atoms with van der Waals surface area (Å²) >= 11 is 0. The van der Waals surface area contributed by atoms with Crippen LogP contribution in [-0.4, -0.2) is 24.4 Å². The molecule has 0 radical (unpaired) electrons. The maximum Gasteiger partial charge on any atom is 0.0575 e. The van der Waals surface area contributed by atoms with Crippen molar-refractivity contribution in [2.75, 3.05) is 13.2 Å². The molecule has 23 heavy (non-hydrogen) atoms. The average molecular weight is 329 g/mol. The highest BCUT2D eigenvalue weighted by Gasteiger charge is 2.08. The van der Waals surface area contributed by atoms with Crippen molar-refractivity contribution in [1.82, 2.24) is 0 Å². The van der Waals surface area contributed by atoms with E-state index in [1.807, 2.05) is 0 Å². The van der Waals surface area contributed by atoms with Gasteiger partial charge in [0.2, 0.25) is 0 Å². The Balaban J connectivity index is 3.46. The van der Waals surface area contributed by atoms with Crippen molar-refractivity contribution in [3.05, 3.63) is 0 Å². The van der Waals surface area contributed by atoms with Crippen LogP contribution in [0.3, 0.4) is 0 Å². The van der Waals surface area contributed by atoms with E-state index in [4.69, 9.17) is 9.84 Å². The van der Waals surface area contributed by atoms with E-state index in [1.54, 1.807) is 0 Å². The first-order valence-electron chi connectivity index (χ1n) is 10.6.